The number of piperidine rings is 1. The Labute approximate surface area is 250 Å². The summed E-state index contributed by atoms with van der Waals surface area (Å²) in [5.74, 6) is 0.997. The summed E-state index contributed by atoms with van der Waals surface area (Å²) in [6.07, 6.45) is 6.01. The van der Waals surface area contributed by atoms with E-state index in [1.54, 1.807) is 42.7 Å². The van der Waals surface area contributed by atoms with E-state index < -0.39 is 16.1 Å². The zero-order valence-corrected chi connectivity index (χ0v) is 24.4. The van der Waals surface area contributed by atoms with E-state index >= 15 is 0 Å². The van der Waals surface area contributed by atoms with E-state index in [2.05, 4.69) is 30.2 Å². The van der Waals surface area contributed by atoms with Crippen LogP contribution in [0.1, 0.15) is 30.3 Å². The standard InChI is InChI=1S/C31H33FN6O4S/c1-43(40,41)37-26-9-13-28(14-10-26)42-27-11-3-22(4-12-27)21-38-19-15-25(16-20-38)35-29(30-33-17-2-18-34-30)31(39)36-24-7-5-23(32)6-8-24/h2-14,17-18,25,29,35,37H,15-16,19-21H2,1H3,(H,36,39). The molecule has 1 aliphatic rings. The fourth-order valence-electron chi connectivity index (χ4n) is 4.83. The van der Waals surface area contributed by atoms with E-state index in [0.29, 0.717) is 28.7 Å². The van der Waals surface area contributed by atoms with Crippen LogP contribution in [0.3, 0.4) is 0 Å². The number of carbonyl (C=O) groups is 1. The Kier molecular flexibility index (Phi) is 9.60. The molecule has 0 bridgehead atoms. The first-order chi connectivity index (χ1) is 20.7. The predicted octanol–water partition coefficient (Wildman–Crippen LogP) is 4.71. The van der Waals surface area contributed by atoms with Gasteiger partial charge in [-0.2, -0.15) is 0 Å². The minimum absolute atomic E-state index is 0.0961. The van der Waals surface area contributed by atoms with E-state index in [0.717, 1.165) is 44.3 Å². The van der Waals surface area contributed by atoms with Crippen LogP contribution < -0.4 is 20.1 Å². The Balaban J connectivity index is 1.12. The van der Waals surface area contributed by atoms with Gasteiger partial charge in [0.2, 0.25) is 15.9 Å². The lowest BCUT2D eigenvalue weighted by Crippen LogP contribution is -2.46. The number of ether oxygens (including phenoxy) is 1. The third kappa shape index (κ3) is 9.05. The Morgan fingerprint density at radius 3 is 2.12 bits per heavy atom. The topological polar surface area (TPSA) is 126 Å². The lowest BCUT2D eigenvalue weighted by Gasteiger charge is -2.34. The summed E-state index contributed by atoms with van der Waals surface area (Å²) in [5.41, 5.74) is 2.13. The van der Waals surface area contributed by atoms with Crippen LogP contribution in [0.4, 0.5) is 15.8 Å². The number of hydrogen-bond acceptors (Lipinski definition) is 8. The van der Waals surface area contributed by atoms with Gasteiger partial charge in [-0.15, -0.1) is 0 Å². The summed E-state index contributed by atoms with van der Waals surface area (Å²) in [6, 6.07) is 21.3. The van der Waals surface area contributed by atoms with Gasteiger partial charge in [0, 0.05) is 36.4 Å². The van der Waals surface area contributed by atoms with Crippen molar-refractivity contribution >= 4 is 27.3 Å². The van der Waals surface area contributed by atoms with Crippen LogP contribution >= 0.6 is 0 Å². The first-order valence-electron chi connectivity index (χ1n) is 13.9. The largest absolute Gasteiger partial charge is 0.457 e. The molecule has 12 heteroatoms. The van der Waals surface area contributed by atoms with Crippen molar-refractivity contribution in [2.24, 2.45) is 0 Å². The molecule has 0 saturated carbocycles. The number of hydrogen-bond donors (Lipinski definition) is 3. The number of amides is 1. The fourth-order valence-corrected chi connectivity index (χ4v) is 5.39. The molecule has 1 unspecified atom stereocenters. The van der Waals surface area contributed by atoms with Gasteiger partial charge in [-0.25, -0.2) is 22.8 Å². The van der Waals surface area contributed by atoms with Gasteiger partial charge in [0.05, 0.1) is 6.26 Å². The summed E-state index contributed by atoms with van der Waals surface area (Å²) < 4.78 is 44.4. The Morgan fingerprint density at radius 1 is 0.930 bits per heavy atom. The molecule has 1 saturated heterocycles. The van der Waals surface area contributed by atoms with Crippen molar-refractivity contribution in [3.8, 4) is 11.5 Å². The van der Waals surface area contributed by atoms with Gasteiger partial charge in [0.1, 0.15) is 23.4 Å². The predicted molar refractivity (Wildman–Crippen MR) is 163 cm³/mol. The summed E-state index contributed by atoms with van der Waals surface area (Å²) in [6.45, 7) is 2.49. The molecule has 0 aliphatic carbocycles. The molecule has 3 aromatic carbocycles. The second-order valence-electron chi connectivity index (χ2n) is 10.4. The maximum Gasteiger partial charge on any atom is 0.249 e. The van der Waals surface area contributed by atoms with E-state index in [-0.39, 0.29) is 17.8 Å². The van der Waals surface area contributed by atoms with Gasteiger partial charge >= 0.3 is 0 Å². The average Bonchev–Trinajstić information content (AvgIpc) is 2.99. The molecular formula is C31H33FN6O4S. The molecule has 3 N–H and O–H groups in total. The molecule has 224 valence electrons. The first kappa shape index (κ1) is 30.1. The van der Waals surface area contributed by atoms with E-state index in [9.17, 15) is 17.6 Å². The summed E-state index contributed by atoms with van der Waals surface area (Å²) in [4.78, 5) is 24.2. The Hall–Kier alpha value is -4.39. The molecule has 1 amide bonds. The molecular weight excluding hydrogens is 571 g/mol. The summed E-state index contributed by atoms with van der Waals surface area (Å²) >= 11 is 0. The molecule has 0 radical (unpaired) electrons. The van der Waals surface area contributed by atoms with Crippen molar-refractivity contribution in [3.63, 3.8) is 0 Å². The van der Waals surface area contributed by atoms with Crippen molar-refractivity contribution in [3.05, 3.63) is 108 Å². The van der Waals surface area contributed by atoms with Gasteiger partial charge < -0.3 is 10.1 Å². The average molecular weight is 605 g/mol. The number of sulfonamides is 1. The van der Waals surface area contributed by atoms with Gasteiger partial charge in [-0.05, 0) is 98.2 Å². The highest BCUT2D eigenvalue weighted by Gasteiger charge is 2.28. The van der Waals surface area contributed by atoms with E-state index in [1.807, 2.05) is 24.3 Å². The minimum Gasteiger partial charge on any atom is -0.457 e. The number of halogens is 1. The normalized spacial score (nSPS) is 15.0. The summed E-state index contributed by atoms with van der Waals surface area (Å²) in [7, 11) is -3.33. The maximum absolute atomic E-state index is 13.3. The molecule has 43 heavy (non-hydrogen) atoms. The van der Waals surface area contributed by atoms with Crippen LogP contribution in [0.15, 0.2) is 91.3 Å². The number of nitrogens with zero attached hydrogens (tertiary/aromatic N) is 3. The summed E-state index contributed by atoms with van der Waals surface area (Å²) in [5, 5.41) is 6.28. The fraction of sp³-hybridized carbons (Fsp3) is 0.258. The van der Waals surface area contributed by atoms with Gasteiger partial charge in [0.25, 0.3) is 0 Å². The Morgan fingerprint density at radius 2 is 1.51 bits per heavy atom. The third-order valence-electron chi connectivity index (χ3n) is 6.93. The number of anilines is 2. The molecule has 1 fully saturated rings. The highest BCUT2D eigenvalue weighted by Crippen LogP contribution is 2.25. The highest BCUT2D eigenvalue weighted by molar-refractivity contribution is 7.92. The van der Waals surface area contributed by atoms with Crippen LogP contribution in [0, 0.1) is 5.82 Å². The number of aromatic nitrogens is 2. The van der Waals surface area contributed by atoms with Crippen molar-refractivity contribution in [1.82, 2.24) is 20.2 Å². The van der Waals surface area contributed by atoms with E-state index in [4.69, 9.17) is 4.74 Å². The molecule has 2 heterocycles. The van der Waals surface area contributed by atoms with Gasteiger partial charge in [-0.3, -0.25) is 19.7 Å². The molecule has 4 aromatic rings. The van der Waals surface area contributed by atoms with Crippen LogP contribution in [0.5, 0.6) is 11.5 Å². The monoisotopic (exact) mass is 604 g/mol. The molecule has 1 aromatic heterocycles. The second kappa shape index (κ2) is 13.7. The van der Waals surface area contributed by atoms with Crippen molar-refractivity contribution in [1.29, 1.82) is 0 Å². The Bertz CT molecular complexity index is 1600. The van der Waals surface area contributed by atoms with Crippen LogP contribution in [0.2, 0.25) is 0 Å². The molecule has 5 rings (SSSR count). The molecule has 1 aliphatic heterocycles. The quantitative estimate of drug-likeness (QED) is 0.225. The van der Waals surface area contributed by atoms with Crippen molar-refractivity contribution in [2.45, 2.75) is 31.5 Å². The molecule has 10 nitrogen and oxygen atoms in total. The van der Waals surface area contributed by atoms with E-state index in [1.165, 1.54) is 24.3 Å². The SMILES string of the molecule is CS(=O)(=O)Nc1ccc(Oc2ccc(CN3CCC(NC(C(=O)Nc4ccc(F)cc4)c4ncccn4)CC3)cc2)cc1. The van der Waals surface area contributed by atoms with Crippen molar-refractivity contribution in [2.75, 3.05) is 29.4 Å². The zero-order chi connectivity index (χ0) is 30.2. The molecule has 0 spiro atoms. The van der Waals surface area contributed by atoms with Gasteiger partial charge in [-0.1, -0.05) is 12.1 Å². The number of nitrogens with one attached hydrogen (secondary N) is 3. The lowest BCUT2D eigenvalue weighted by atomic mass is 10.0. The van der Waals surface area contributed by atoms with Gasteiger partial charge in [0.15, 0.2) is 5.82 Å². The number of likely N-dealkylation sites (tertiary alicyclic amines) is 1. The zero-order valence-electron chi connectivity index (χ0n) is 23.6. The van der Waals surface area contributed by atoms with Crippen molar-refractivity contribution < 1.29 is 22.3 Å². The first-order valence-corrected chi connectivity index (χ1v) is 15.8. The number of carbonyl (C=O) groups excluding carboxylic acids is 1. The number of rotatable bonds is 11. The lowest BCUT2D eigenvalue weighted by molar-refractivity contribution is -0.118. The smallest absolute Gasteiger partial charge is 0.249 e. The minimum atomic E-state index is -3.33. The van der Waals surface area contributed by atoms with Crippen LogP contribution in [-0.4, -0.2) is 54.6 Å². The second-order valence-corrected chi connectivity index (χ2v) is 12.1. The van der Waals surface area contributed by atoms with Crippen LogP contribution in [0.25, 0.3) is 0 Å². The highest BCUT2D eigenvalue weighted by atomic mass is 32.2. The van der Waals surface area contributed by atoms with Crippen LogP contribution in [-0.2, 0) is 21.4 Å². The molecule has 1 atom stereocenters. The maximum atomic E-state index is 13.3. The number of benzene rings is 3. The third-order valence-corrected chi connectivity index (χ3v) is 7.54.